The van der Waals surface area contributed by atoms with Crippen LogP contribution in [0.4, 0.5) is 11.4 Å². The Bertz CT molecular complexity index is 1070. The number of benzene rings is 3. The summed E-state index contributed by atoms with van der Waals surface area (Å²) in [5.74, 6) is 0.949. The Balaban J connectivity index is 1.64. The Kier molecular flexibility index (Phi) is 8.26. The highest BCUT2D eigenvalue weighted by molar-refractivity contribution is 6.32. The lowest BCUT2D eigenvalue weighted by molar-refractivity contribution is -0.118. The van der Waals surface area contributed by atoms with Crippen LogP contribution in [-0.4, -0.2) is 13.0 Å². The van der Waals surface area contributed by atoms with Crippen molar-refractivity contribution in [3.05, 3.63) is 81.8 Å². The van der Waals surface area contributed by atoms with Gasteiger partial charge in [0.05, 0.1) is 12.1 Å². The zero-order chi connectivity index (χ0) is 23.1. The maximum Gasteiger partial charge on any atom is 0.226 e. The number of hydrogen-bond donors (Lipinski definition) is 2. The van der Waals surface area contributed by atoms with Crippen LogP contribution in [0.1, 0.15) is 25.0 Å². The van der Waals surface area contributed by atoms with Crippen LogP contribution in [0, 0.1) is 5.92 Å². The number of carbonyl (C=O) groups is 1. The Morgan fingerprint density at radius 2 is 1.66 bits per heavy atom. The second kappa shape index (κ2) is 11.1. The van der Waals surface area contributed by atoms with Crippen LogP contribution in [0.25, 0.3) is 0 Å². The van der Waals surface area contributed by atoms with Gasteiger partial charge >= 0.3 is 0 Å². The summed E-state index contributed by atoms with van der Waals surface area (Å²) in [6, 6.07) is 18.8. The minimum atomic E-state index is -0.0656. The van der Waals surface area contributed by atoms with Crippen molar-refractivity contribution < 1.29 is 14.3 Å². The molecule has 5 nitrogen and oxygen atoms in total. The summed E-state index contributed by atoms with van der Waals surface area (Å²) in [5.41, 5.74) is 3.49. The maximum atomic E-state index is 11.8. The molecule has 1 amide bonds. The van der Waals surface area contributed by atoms with Gasteiger partial charge in [0.2, 0.25) is 5.91 Å². The molecule has 0 heterocycles. The second-order valence-electron chi connectivity index (χ2n) is 7.56. The number of nitrogens with one attached hydrogen (secondary N) is 2. The molecule has 0 aliphatic heterocycles. The molecule has 0 fully saturated rings. The summed E-state index contributed by atoms with van der Waals surface area (Å²) in [7, 11) is 1.58. The minimum Gasteiger partial charge on any atom is -0.493 e. The molecule has 0 radical (unpaired) electrons. The van der Waals surface area contributed by atoms with Crippen molar-refractivity contribution in [2.45, 2.75) is 27.0 Å². The van der Waals surface area contributed by atoms with Gasteiger partial charge in [-0.3, -0.25) is 4.79 Å². The van der Waals surface area contributed by atoms with Crippen molar-refractivity contribution in [3.8, 4) is 11.5 Å². The van der Waals surface area contributed by atoms with Gasteiger partial charge in [0.15, 0.2) is 11.5 Å². The van der Waals surface area contributed by atoms with Crippen molar-refractivity contribution in [2.24, 2.45) is 5.92 Å². The van der Waals surface area contributed by atoms with Gasteiger partial charge in [-0.05, 0) is 48.0 Å². The number of halogens is 2. The largest absolute Gasteiger partial charge is 0.493 e. The number of rotatable bonds is 9. The Hall–Kier alpha value is -2.89. The van der Waals surface area contributed by atoms with E-state index in [0.717, 1.165) is 22.5 Å². The summed E-state index contributed by atoms with van der Waals surface area (Å²) < 4.78 is 11.4. The lowest BCUT2D eigenvalue weighted by Gasteiger charge is -2.15. The van der Waals surface area contributed by atoms with Gasteiger partial charge < -0.3 is 20.1 Å². The fourth-order valence-electron chi connectivity index (χ4n) is 2.94. The number of carbonyl (C=O) groups excluding carboxylic acids is 1. The minimum absolute atomic E-state index is 0.00992. The normalized spacial score (nSPS) is 10.7. The van der Waals surface area contributed by atoms with Crippen molar-refractivity contribution in [1.29, 1.82) is 0 Å². The first-order chi connectivity index (χ1) is 15.4. The molecular formula is C25H26Cl2N2O3. The van der Waals surface area contributed by atoms with E-state index >= 15 is 0 Å². The summed E-state index contributed by atoms with van der Waals surface area (Å²) in [6.45, 7) is 4.54. The molecule has 32 heavy (non-hydrogen) atoms. The molecule has 0 unspecified atom stereocenters. The van der Waals surface area contributed by atoms with E-state index in [1.807, 2.05) is 74.5 Å². The molecule has 0 bridgehead atoms. The number of anilines is 2. The van der Waals surface area contributed by atoms with Gasteiger partial charge in [-0.25, -0.2) is 0 Å². The molecule has 3 aromatic rings. The highest BCUT2D eigenvalue weighted by Crippen LogP contribution is 2.37. The first-order valence-corrected chi connectivity index (χ1v) is 11.0. The van der Waals surface area contributed by atoms with Crippen LogP contribution in [0.15, 0.2) is 60.7 Å². The average Bonchev–Trinajstić information content (AvgIpc) is 2.78. The van der Waals surface area contributed by atoms with Gasteiger partial charge in [-0.1, -0.05) is 55.2 Å². The van der Waals surface area contributed by atoms with Crippen LogP contribution in [-0.2, 0) is 17.9 Å². The molecule has 3 rings (SSSR count). The Labute approximate surface area is 198 Å². The van der Waals surface area contributed by atoms with E-state index in [1.54, 1.807) is 7.11 Å². The predicted molar refractivity (Wildman–Crippen MR) is 131 cm³/mol. The standard InChI is InChI=1S/C25H26Cl2N2O3/c1-16(2)25(30)29-20-10-8-19(9-11-20)28-14-17-12-22(27)24(23(13-17)31-3)32-15-18-6-4-5-7-21(18)26/h4-13,16,28H,14-15H2,1-3H3,(H,29,30). The van der Waals surface area contributed by atoms with Gasteiger partial charge in [-0.15, -0.1) is 0 Å². The monoisotopic (exact) mass is 472 g/mol. The predicted octanol–water partition coefficient (Wildman–Crippen LogP) is 6.79. The topological polar surface area (TPSA) is 59.6 Å². The van der Waals surface area contributed by atoms with Crippen LogP contribution < -0.4 is 20.1 Å². The third kappa shape index (κ3) is 6.31. The fraction of sp³-hybridized carbons (Fsp3) is 0.240. The molecule has 0 saturated heterocycles. The van der Waals surface area contributed by atoms with E-state index < -0.39 is 0 Å². The smallest absolute Gasteiger partial charge is 0.226 e. The van der Waals surface area contributed by atoms with E-state index in [9.17, 15) is 4.79 Å². The molecule has 3 aromatic carbocycles. The first-order valence-electron chi connectivity index (χ1n) is 10.2. The summed E-state index contributed by atoms with van der Waals surface area (Å²) in [4.78, 5) is 11.8. The Morgan fingerprint density at radius 1 is 0.969 bits per heavy atom. The van der Waals surface area contributed by atoms with Crippen molar-refractivity contribution in [1.82, 2.24) is 0 Å². The number of amides is 1. The number of ether oxygens (including phenoxy) is 2. The van der Waals surface area contributed by atoms with Crippen molar-refractivity contribution >= 4 is 40.5 Å². The van der Waals surface area contributed by atoms with Crippen LogP contribution in [0.2, 0.25) is 10.0 Å². The van der Waals surface area contributed by atoms with E-state index in [1.165, 1.54) is 0 Å². The van der Waals surface area contributed by atoms with Crippen molar-refractivity contribution in [2.75, 3.05) is 17.7 Å². The van der Waals surface area contributed by atoms with E-state index in [4.69, 9.17) is 32.7 Å². The maximum absolute atomic E-state index is 11.8. The fourth-order valence-corrected chi connectivity index (χ4v) is 3.42. The summed E-state index contributed by atoms with van der Waals surface area (Å²) in [5, 5.41) is 7.31. The lowest BCUT2D eigenvalue weighted by atomic mass is 10.1. The zero-order valence-corrected chi connectivity index (χ0v) is 19.8. The molecule has 0 saturated carbocycles. The van der Waals surface area contributed by atoms with E-state index in [-0.39, 0.29) is 18.4 Å². The molecule has 0 aromatic heterocycles. The molecule has 0 atom stereocenters. The van der Waals surface area contributed by atoms with Crippen LogP contribution >= 0.6 is 23.2 Å². The molecule has 168 valence electrons. The lowest BCUT2D eigenvalue weighted by Crippen LogP contribution is -2.17. The number of hydrogen-bond acceptors (Lipinski definition) is 4. The SMILES string of the molecule is COc1cc(CNc2ccc(NC(=O)C(C)C)cc2)cc(Cl)c1OCc1ccccc1Cl. The molecule has 2 N–H and O–H groups in total. The number of methoxy groups -OCH3 is 1. The molecule has 0 aliphatic rings. The third-order valence-electron chi connectivity index (χ3n) is 4.79. The molecule has 0 spiro atoms. The average molecular weight is 473 g/mol. The molecule has 7 heteroatoms. The van der Waals surface area contributed by atoms with Gasteiger partial charge in [-0.2, -0.15) is 0 Å². The van der Waals surface area contributed by atoms with Gasteiger partial charge in [0.1, 0.15) is 6.61 Å². The van der Waals surface area contributed by atoms with E-state index in [2.05, 4.69) is 10.6 Å². The Morgan fingerprint density at radius 3 is 2.31 bits per heavy atom. The quantitative estimate of drug-likeness (QED) is 0.359. The second-order valence-corrected chi connectivity index (χ2v) is 8.38. The highest BCUT2D eigenvalue weighted by Gasteiger charge is 2.13. The van der Waals surface area contributed by atoms with Gasteiger partial charge in [0.25, 0.3) is 0 Å². The molecular weight excluding hydrogens is 447 g/mol. The van der Waals surface area contributed by atoms with Crippen LogP contribution in [0.3, 0.4) is 0 Å². The zero-order valence-electron chi connectivity index (χ0n) is 18.2. The highest BCUT2D eigenvalue weighted by atomic mass is 35.5. The van der Waals surface area contributed by atoms with Crippen LogP contribution in [0.5, 0.6) is 11.5 Å². The summed E-state index contributed by atoms with van der Waals surface area (Å²) >= 11 is 12.7. The van der Waals surface area contributed by atoms with E-state index in [0.29, 0.717) is 28.1 Å². The summed E-state index contributed by atoms with van der Waals surface area (Å²) in [6.07, 6.45) is 0. The first kappa shape index (κ1) is 23.8. The third-order valence-corrected chi connectivity index (χ3v) is 5.44. The van der Waals surface area contributed by atoms with Gasteiger partial charge in [0, 0.05) is 34.4 Å². The van der Waals surface area contributed by atoms with Crippen molar-refractivity contribution in [3.63, 3.8) is 0 Å². The molecule has 0 aliphatic carbocycles.